The summed E-state index contributed by atoms with van der Waals surface area (Å²) in [5, 5.41) is 4.50. The van der Waals surface area contributed by atoms with Crippen LogP contribution in [0.15, 0.2) is 158 Å². The van der Waals surface area contributed by atoms with Crippen LogP contribution in [-0.4, -0.2) is 34.3 Å². The molecule has 0 bridgehead atoms. The molecular formula is C48H36N2O4. The van der Waals surface area contributed by atoms with Gasteiger partial charge < -0.3 is 18.6 Å². The van der Waals surface area contributed by atoms with E-state index in [0.717, 1.165) is 66.1 Å². The highest BCUT2D eigenvalue weighted by Gasteiger charge is 2.26. The summed E-state index contributed by atoms with van der Waals surface area (Å²) in [5.74, 6) is -0.841. The Morgan fingerprint density at radius 3 is 1.44 bits per heavy atom. The van der Waals surface area contributed by atoms with E-state index in [0.29, 0.717) is 22.3 Å². The van der Waals surface area contributed by atoms with Crippen LogP contribution in [0.25, 0.3) is 77.2 Å². The normalized spacial score (nSPS) is 11.4. The molecule has 0 fully saturated rings. The SMILES string of the molecule is CCOC(=O)c1ccc(-n2c3ccccc3c3ccccc32)cc1-c1ccccc1-c1c(C(=O)OCC)cccc1-n1c2ccccc2c2ccccc21. The summed E-state index contributed by atoms with van der Waals surface area (Å²) in [6, 6.07) is 53.0. The quantitative estimate of drug-likeness (QED) is 0.148. The van der Waals surface area contributed by atoms with Gasteiger partial charge in [-0.25, -0.2) is 9.59 Å². The van der Waals surface area contributed by atoms with E-state index in [2.05, 4.69) is 81.9 Å². The Bertz CT molecular complexity index is 2810. The second-order valence-corrected chi connectivity index (χ2v) is 13.2. The van der Waals surface area contributed by atoms with Crippen molar-refractivity contribution in [1.29, 1.82) is 0 Å². The fraction of sp³-hybridized carbons (Fsp3) is 0.0833. The molecule has 0 saturated heterocycles. The van der Waals surface area contributed by atoms with Gasteiger partial charge in [-0.05, 0) is 85.1 Å². The molecule has 9 aromatic rings. The molecule has 0 radical (unpaired) electrons. The maximum Gasteiger partial charge on any atom is 0.338 e. The van der Waals surface area contributed by atoms with Crippen LogP contribution in [0, 0.1) is 0 Å². The van der Waals surface area contributed by atoms with Crippen LogP contribution < -0.4 is 0 Å². The zero-order valence-corrected chi connectivity index (χ0v) is 30.0. The molecule has 6 nitrogen and oxygen atoms in total. The number of carbonyl (C=O) groups excluding carboxylic acids is 2. The maximum atomic E-state index is 13.9. The molecule has 6 heteroatoms. The molecule has 0 saturated carbocycles. The van der Waals surface area contributed by atoms with Crippen molar-refractivity contribution < 1.29 is 19.1 Å². The van der Waals surface area contributed by atoms with E-state index in [1.165, 1.54) is 0 Å². The van der Waals surface area contributed by atoms with Crippen LogP contribution in [0.3, 0.4) is 0 Å². The molecule has 0 amide bonds. The van der Waals surface area contributed by atoms with E-state index in [9.17, 15) is 9.59 Å². The molecule has 2 heterocycles. The van der Waals surface area contributed by atoms with E-state index < -0.39 is 11.9 Å². The van der Waals surface area contributed by atoms with Gasteiger partial charge in [-0.15, -0.1) is 0 Å². The lowest BCUT2D eigenvalue weighted by Crippen LogP contribution is -2.11. The Hall–Kier alpha value is -6.92. The van der Waals surface area contributed by atoms with E-state index >= 15 is 0 Å². The first kappa shape index (κ1) is 33.0. The van der Waals surface area contributed by atoms with Gasteiger partial charge in [0.15, 0.2) is 0 Å². The summed E-state index contributed by atoms with van der Waals surface area (Å²) in [4.78, 5) is 27.8. The molecule has 0 unspecified atom stereocenters. The molecule has 262 valence electrons. The Balaban J connectivity index is 1.36. The van der Waals surface area contributed by atoms with E-state index in [-0.39, 0.29) is 13.2 Å². The number of nitrogens with zero attached hydrogens (tertiary/aromatic N) is 2. The molecule has 0 aliphatic rings. The summed E-state index contributed by atoms with van der Waals surface area (Å²) in [7, 11) is 0. The van der Waals surface area contributed by atoms with Crippen LogP contribution in [-0.2, 0) is 9.47 Å². The number of esters is 2. The van der Waals surface area contributed by atoms with Gasteiger partial charge in [-0.1, -0.05) is 103 Å². The van der Waals surface area contributed by atoms with Gasteiger partial charge in [0, 0.05) is 32.8 Å². The first-order chi connectivity index (χ1) is 26.6. The van der Waals surface area contributed by atoms with Crippen molar-refractivity contribution in [2.45, 2.75) is 13.8 Å². The molecule has 54 heavy (non-hydrogen) atoms. The predicted octanol–water partition coefficient (Wildman–Crippen LogP) is 11.6. The van der Waals surface area contributed by atoms with Crippen LogP contribution in [0.4, 0.5) is 0 Å². The molecule has 2 aromatic heterocycles. The molecule has 7 aromatic carbocycles. The van der Waals surface area contributed by atoms with E-state index in [4.69, 9.17) is 9.47 Å². The standard InChI is InChI=1S/C48H36N2O4/c1-3-53-47(51)38-29-28-31(49-41-23-11-7-17-33(41)34-18-8-12-24-42(34)49)30-40(38)32-16-5-6-21-37(32)46-39(48(52)54-4-2)22-15-27-45(46)50-43-25-13-9-19-35(43)36-20-10-14-26-44(36)50/h5-30H,3-4H2,1-2H3. The smallest absolute Gasteiger partial charge is 0.338 e. The topological polar surface area (TPSA) is 62.5 Å². The van der Waals surface area contributed by atoms with Crippen molar-refractivity contribution in [2.75, 3.05) is 13.2 Å². The van der Waals surface area contributed by atoms with Gasteiger partial charge in [0.2, 0.25) is 0 Å². The lowest BCUT2D eigenvalue weighted by atomic mass is 9.88. The highest BCUT2D eigenvalue weighted by molar-refractivity contribution is 6.12. The average molecular weight is 705 g/mol. The van der Waals surface area contributed by atoms with Crippen molar-refractivity contribution in [3.05, 3.63) is 169 Å². The molecule has 0 spiro atoms. The first-order valence-corrected chi connectivity index (χ1v) is 18.3. The molecule has 0 atom stereocenters. The van der Waals surface area contributed by atoms with Crippen molar-refractivity contribution in [2.24, 2.45) is 0 Å². The third-order valence-corrected chi connectivity index (χ3v) is 10.2. The van der Waals surface area contributed by atoms with Crippen LogP contribution in [0.2, 0.25) is 0 Å². The predicted molar refractivity (Wildman–Crippen MR) is 218 cm³/mol. The van der Waals surface area contributed by atoms with Gasteiger partial charge in [-0.2, -0.15) is 0 Å². The van der Waals surface area contributed by atoms with Crippen LogP contribution >= 0.6 is 0 Å². The Labute approximate surface area is 312 Å². The molecule has 0 N–H and O–H groups in total. The monoisotopic (exact) mass is 704 g/mol. The Morgan fingerprint density at radius 2 is 0.907 bits per heavy atom. The van der Waals surface area contributed by atoms with Gasteiger partial charge in [0.05, 0.1) is 52.1 Å². The number of rotatable bonds is 8. The van der Waals surface area contributed by atoms with Crippen molar-refractivity contribution in [3.63, 3.8) is 0 Å². The summed E-state index contributed by atoms with van der Waals surface area (Å²) < 4.78 is 15.8. The van der Waals surface area contributed by atoms with Crippen LogP contribution in [0.1, 0.15) is 34.6 Å². The average Bonchev–Trinajstić information content (AvgIpc) is 3.74. The fourth-order valence-corrected chi connectivity index (χ4v) is 7.99. The third kappa shape index (κ3) is 5.26. The second-order valence-electron chi connectivity index (χ2n) is 13.2. The lowest BCUT2D eigenvalue weighted by molar-refractivity contribution is 0.0517. The third-order valence-electron chi connectivity index (χ3n) is 10.2. The number of para-hydroxylation sites is 4. The minimum Gasteiger partial charge on any atom is -0.462 e. The molecular weight excluding hydrogens is 669 g/mol. The van der Waals surface area contributed by atoms with Crippen molar-refractivity contribution in [1.82, 2.24) is 9.13 Å². The highest BCUT2D eigenvalue weighted by atomic mass is 16.5. The second kappa shape index (κ2) is 13.6. The summed E-state index contributed by atoms with van der Waals surface area (Å²) >= 11 is 0. The van der Waals surface area contributed by atoms with Crippen LogP contribution in [0.5, 0.6) is 0 Å². The maximum absolute atomic E-state index is 13.9. The molecule has 0 aliphatic carbocycles. The number of carbonyl (C=O) groups is 2. The van der Waals surface area contributed by atoms with Gasteiger partial charge in [-0.3, -0.25) is 0 Å². The molecule has 0 aliphatic heterocycles. The Morgan fingerprint density at radius 1 is 0.444 bits per heavy atom. The first-order valence-electron chi connectivity index (χ1n) is 18.3. The zero-order valence-electron chi connectivity index (χ0n) is 30.0. The van der Waals surface area contributed by atoms with Gasteiger partial charge >= 0.3 is 11.9 Å². The molecule has 9 rings (SSSR count). The summed E-state index contributed by atoms with van der Waals surface area (Å²) in [6.07, 6.45) is 0. The number of ether oxygens (including phenoxy) is 2. The largest absolute Gasteiger partial charge is 0.462 e. The number of aromatic nitrogens is 2. The summed E-state index contributed by atoms with van der Waals surface area (Å²) in [6.45, 7) is 4.09. The lowest BCUT2D eigenvalue weighted by Gasteiger charge is -2.21. The highest BCUT2D eigenvalue weighted by Crippen LogP contribution is 2.43. The van der Waals surface area contributed by atoms with E-state index in [1.807, 2.05) is 98.8 Å². The minimum absolute atomic E-state index is 0.230. The van der Waals surface area contributed by atoms with Gasteiger partial charge in [0.25, 0.3) is 0 Å². The minimum atomic E-state index is -0.422. The number of benzene rings is 7. The van der Waals surface area contributed by atoms with E-state index in [1.54, 1.807) is 0 Å². The number of hydrogen-bond donors (Lipinski definition) is 0. The van der Waals surface area contributed by atoms with Crippen molar-refractivity contribution >= 4 is 55.6 Å². The zero-order chi connectivity index (χ0) is 36.8. The fourth-order valence-electron chi connectivity index (χ4n) is 7.99. The Kier molecular flexibility index (Phi) is 8.28. The number of fused-ring (bicyclic) bond motifs is 6. The summed E-state index contributed by atoms with van der Waals surface area (Å²) in [5.41, 5.74) is 9.67. The number of hydrogen-bond acceptors (Lipinski definition) is 4. The van der Waals surface area contributed by atoms with Gasteiger partial charge in [0.1, 0.15) is 0 Å². The van der Waals surface area contributed by atoms with Crippen molar-refractivity contribution in [3.8, 4) is 33.6 Å².